The van der Waals surface area contributed by atoms with Crippen LogP contribution in [0.3, 0.4) is 0 Å². The number of para-hydroxylation sites is 1. The quantitative estimate of drug-likeness (QED) is 0.910. The van der Waals surface area contributed by atoms with Crippen LogP contribution >= 0.6 is 0 Å². The van der Waals surface area contributed by atoms with Gasteiger partial charge in [-0.15, -0.1) is 0 Å². The zero-order valence-electron chi connectivity index (χ0n) is 11.1. The van der Waals surface area contributed by atoms with E-state index in [1.807, 2.05) is 38.1 Å². The molecule has 0 saturated heterocycles. The highest BCUT2D eigenvalue weighted by Crippen LogP contribution is 2.22. The van der Waals surface area contributed by atoms with Crippen molar-refractivity contribution in [3.05, 3.63) is 65.5 Å². The van der Waals surface area contributed by atoms with Crippen LogP contribution in [0, 0.1) is 12.7 Å². The van der Waals surface area contributed by atoms with E-state index in [0.717, 1.165) is 5.56 Å². The van der Waals surface area contributed by atoms with Gasteiger partial charge in [-0.3, -0.25) is 0 Å². The van der Waals surface area contributed by atoms with Gasteiger partial charge in [0.25, 0.3) is 0 Å². The van der Waals surface area contributed by atoms with E-state index in [-0.39, 0.29) is 23.7 Å². The molecule has 0 fully saturated rings. The Morgan fingerprint density at radius 1 is 1.05 bits per heavy atom. The van der Waals surface area contributed by atoms with E-state index in [1.165, 1.54) is 11.6 Å². The average molecular weight is 259 g/mol. The summed E-state index contributed by atoms with van der Waals surface area (Å²) in [6, 6.07) is 14.0. The smallest absolute Gasteiger partial charge is 0.165 e. The molecule has 2 atom stereocenters. The van der Waals surface area contributed by atoms with Gasteiger partial charge in [-0.25, -0.2) is 4.39 Å². The minimum absolute atomic E-state index is 0.234. The van der Waals surface area contributed by atoms with E-state index in [2.05, 4.69) is 0 Å². The van der Waals surface area contributed by atoms with Gasteiger partial charge >= 0.3 is 0 Å². The van der Waals surface area contributed by atoms with Gasteiger partial charge in [0.15, 0.2) is 11.6 Å². The molecule has 0 radical (unpaired) electrons. The summed E-state index contributed by atoms with van der Waals surface area (Å²) in [5.74, 6) is -0.136. The highest BCUT2D eigenvalue weighted by Gasteiger charge is 2.17. The number of rotatable bonds is 4. The van der Waals surface area contributed by atoms with Gasteiger partial charge in [-0.1, -0.05) is 42.0 Å². The molecule has 0 aliphatic carbocycles. The molecule has 0 aliphatic heterocycles. The molecular formula is C16H18FNO. The van der Waals surface area contributed by atoms with Crippen LogP contribution in [-0.2, 0) is 0 Å². The molecule has 0 aliphatic rings. The maximum atomic E-state index is 13.5. The second kappa shape index (κ2) is 5.85. The van der Waals surface area contributed by atoms with E-state index in [4.69, 9.17) is 10.5 Å². The number of hydrogen-bond acceptors (Lipinski definition) is 2. The van der Waals surface area contributed by atoms with Gasteiger partial charge in [-0.05, 0) is 31.5 Å². The number of nitrogens with two attached hydrogens (primary N) is 1. The Morgan fingerprint density at radius 3 is 2.32 bits per heavy atom. The van der Waals surface area contributed by atoms with Crippen molar-refractivity contribution in [3.63, 3.8) is 0 Å². The number of hydrogen-bond donors (Lipinski definition) is 1. The fourth-order valence-electron chi connectivity index (χ4n) is 1.87. The molecule has 3 heteroatoms. The van der Waals surface area contributed by atoms with Gasteiger partial charge in [-0.2, -0.15) is 0 Å². The normalized spacial score (nSPS) is 13.9. The summed E-state index contributed by atoms with van der Waals surface area (Å²) in [7, 11) is 0. The fourth-order valence-corrected chi connectivity index (χ4v) is 1.87. The third-order valence-corrected chi connectivity index (χ3v) is 3.12. The van der Waals surface area contributed by atoms with Crippen LogP contribution in [0.25, 0.3) is 0 Å². The van der Waals surface area contributed by atoms with Crippen molar-refractivity contribution in [3.8, 4) is 5.75 Å². The summed E-state index contributed by atoms with van der Waals surface area (Å²) in [6.45, 7) is 3.87. The highest BCUT2D eigenvalue weighted by atomic mass is 19.1. The molecule has 100 valence electrons. The van der Waals surface area contributed by atoms with E-state index in [1.54, 1.807) is 18.2 Å². The first-order valence-electron chi connectivity index (χ1n) is 6.31. The Hall–Kier alpha value is -1.87. The van der Waals surface area contributed by atoms with E-state index in [9.17, 15) is 4.39 Å². The molecule has 0 spiro atoms. The lowest BCUT2D eigenvalue weighted by molar-refractivity contribution is 0.182. The number of halogens is 1. The van der Waals surface area contributed by atoms with Crippen LogP contribution in [-0.4, -0.2) is 6.10 Å². The lowest BCUT2D eigenvalue weighted by atomic mass is 10.0. The summed E-state index contributed by atoms with van der Waals surface area (Å²) in [5, 5.41) is 0. The molecule has 0 amide bonds. The summed E-state index contributed by atoms with van der Waals surface area (Å²) in [6.07, 6.45) is -0.306. The van der Waals surface area contributed by atoms with Crippen LogP contribution in [0.15, 0.2) is 48.5 Å². The second-order valence-corrected chi connectivity index (χ2v) is 4.69. The monoisotopic (exact) mass is 259 g/mol. The van der Waals surface area contributed by atoms with E-state index < -0.39 is 0 Å². The van der Waals surface area contributed by atoms with Crippen molar-refractivity contribution in [1.29, 1.82) is 0 Å². The standard InChI is InChI=1S/C16H18FNO/c1-11-7-9-13(10-8-11)16(18)12(2)19-15-6-4-3-5-14(15)17/h3-10,12,16H,18H2,1-2H3. The van der Waals surface area contributed by atoms with Crippen molar-refractivity contribution < 1.29 is 9.13 Å². The van der Waals surface area contributed by atoms with Crippen LogP contribution < -0.4 is 10.5 Å². The van der Waals surface area contributed by atoms with E-state index >= 15 is 0 Å². The predicted molar refractivity (Wildman–Crippen MR) is 74.6 cm³/mol. The van der Waals surface area contributed by atoms with Gasteiger partial charge < -0.3 is 10.5 Å². The predicted octanol–water partition coefficient (Wildman–Crippen LogP) is 3.60. The van der Waals surface area contributed by atoms with Gasteiger partial charge in [0.05, 0.1) is 6.04 Å². The summed E-state index contributed by atoms with van der Waals surface area (Å²) in [5.41, 5.74) is 8.30. The molecule has 0 aromatic heterocycles. The SMILES string of the molecule is Cc1ccc(C(N)C(C)Oc2ccccc2F)cc1. The Labute approximate surface area is 113 Å². The maximum Gasteiger partial charge on any atom is 0.165 e. The summed E-state index contributed by atoms with van der Waals surface area (Å²) >= 11 is 0. The summed E-state index contributed by atoms with van der Waals surface area (Å²) in [4.78, 5) is 0. The van der Waals surface area contributed by atoms with Crippen molar-refractivity contribution in [2.75, 3.05) is 0 Å². The first-order valence-corrected chi connectivity index (χ1v) is 6.31. The molecule has 0 saturated carbocycles. The van der Waals surface area contributed by atoms with Crippen molar-refractivity contribution >= 4 is 0 Å². The fraction of sp³-hybridized carbons (Fsp3) is 0.250. The van der Waals surface area contributed by atoms with Crippen LogP contribution in [0.1, 0.15) is 24.1 Å². The van der Waals surface area contributed by atoms with Crippen LogP contribution in [0.5, 0.6) is 5.75 Å². The minimum Gasteiger partial charge on any atom is -0.486 e. The Kier molecular flexibility index (Phi) is 4.17. The minimum atomic E-state index is -0.370. The molecule has 2 aromatic rings. The maximum absolute atomic E-state index is 13.5. The molecule has 2 N–H and O–H groups in total. The number of benzene rings is 2. The molecule has 0 bridgehead atoms. The number of aryl methyl sites for hydroxylation is 1. The topological polar surface area (TPSA) is 35.2 Å². The lowest BCUT2D eigenvalue weighted by Gasteiger charge is -2.22. The molecule has 0 heterocycles. The third kappa shape index (κ3) is 3.32. The van der Waals surface area contributed by atoms with Gasteiger partial charge in [0, 0.05) is 0 Å². The van der Waals surface area contributed by atoms with Crippen LogP contribution in [0.4, 0.5) is 4.39 Å². The molecule has 2 unspecified atom stereocenters. The van der Waals surface area contributed by atoms with Gasteiger partial charge in [0.2, 0.25) is 0 Å². The molecule has 2 nitrogen and oxygen atoms in total. The Bertz CT molecular complexity index is 539. The first kappa shape index (κ1) is 13.6. The van der Waals surface area contributed by atoms with Crippen LogP contribution in [0.2, 0.25) is 0 Å². The van der Waals surface area contributed by atoms with Crippen molar-refractivity contribution in [2.24, 2.45) is 5.73 Å². The Morgan fingerprint density at radius 2 is 1.68 bits per heavy atom. The zero-order valence-corrected chi connectivity index (χ0v) is 11.1. The summed E-state index contributed by atoms with van der Waals surface area (Å²) < 4.78 is 19.1. The molecule has 2 aromatic carbocycles. The van der Waals surface area contributed by atoms with Crippen molar-refractivity contribution in [2.45, 2.75) is 26.0 Å². The van der Waals surface area contributed by atoms with Crippen molar-refractivity contribution in [1.82, 2.24) is 0 Å². The third-order valence-electron chi connectivity index (χ3n) is 3.12. The second-order valence-electron chi connectivity index (χ2n) is 4.69. The largest absolute Gasteiger partial charge is 0.486 e. The van der Waals surface area contributed by atoms with E-state index in [0.29, 0.717) is 0 Å². The first-order chi connectivity index (χ1) is 9.08. The lowest BCUT2D eigenvalue weighted by Crippen LogP contribution is -2.29. The molecule has 2 rings (SSSR count). The zero-order chi connectivity index (χ0) is 13.8. The average Bonchev–Trinajstić information content (AvgIpc) is 2.41. The molecule has 19 heavy (non-hydrogen) atoms. The Balaban J connectivity index is 2.09. The highest BCUT2D eigenvalue weighted by molar-refractivity contribution is 5.27. The molecular weight excluding hydrogens is 241 g/mol. The number of ether oxygens (including phenoxy) is 1. The van der Waals surface area contributed by atoms with Gasteiger partial charge in [0.1, 0.15) is 6.10 Å².